The fraction of sp³-hybridized carbons (Fsp3) is 0.211. The van der Waals surface area contributed by atoms with Crippen molar-refractivity contribution in [3.63, 3.8) is 0 Å². The van der Waals surface area contributed by atoms with Crippen molar-refractivity contribution in [3.05, 3.63) is 81.9 Å². The summed E-state index contributed by atoms with van der Waals surface area (Å²) in [5, 5.41) is 19.5. The fourth-order valence-corrected chi connectivity index (χ4v) is 2.45. The third kappa shape index (κ3) is 5.05. The van der Waals surface area contributed by atoms with Gasteiger partial charge < -0.3 is 5.11 Å². The van der Waals surface area contributed by atoms with Crippen LogP contribution < -0.4 is 0 Å². The van der Waals surface area contributed by atoms with E-state index in [9.17, 15) is 14.9 Å². The fourth-order valence-electron chi connectivity index (χ4n) is 2.45. The van der Waals surface area contributed by atoms with Crippen molar-refractivity contribution in [2.24, 2.45) is 0 Å². The van der Waals surface area contributed by atoms with Crippen LogP contribution in [0.1, 0.15) is 36.8 Å². The minimum absolute atomic E-state index is 0.0626. The molecule has 0 radical (unpaired) electrons. The van der Waals surface area contributed by atoms with Crippen LogP contribution in [-0.2, 0) is 4.79 Å². The Labute approximate surface area is 140 Å². The molecule has 0 aliphatic heterocycles. The molecule has 2 aromatic carbocycles. The molecule has 0 unspecified atom stereocenters. The molecule has 0 fully saturated rings. The molecule has 0 spiro atoms. The Morgan fingerprint density at radius 3 is 2.21 bits per heavy atom. The Hall–Kier alpha value is -2.95. The van der Waals surface area contributed by atoms with Gasteiger partial charge in [0, 0.05) is 18.6 Å². The van der Waals surface area contributed by atoms with Crippen LogP contribution in [0.5, 0.6) is 0 Å². The number of allylic oxidation sites excluding steroid dienone is 1. The number of aliphatic carboxylic acids is 1. The van der Waals surface area contributed by atoms with Gasteiger partial charge in [0.2, 0.25) is 0 Å². The Morgan fingerprint density at radius 1 is 1.00 bits per heavy atom. The Morgan fingerprint density at radius 2 is 1.62 bits per heavy atom. The van der Waals surface area contributed by atoms with Crippen LogP contribution in [0.25, 0.3) is 5.57 Å². The van der Waals surface area contributed by atoms with Gasteiger partial charge in [0.05, 0.1) is 4.92 Å². The number of nitro groups is 1. The second-order valence-corrected chi connectivity index (χ2v) is 5.43. The number of nitrogens with zero attached hydrogens (tertiary/aromatic N) is 1. The van der Waals surface area contributed by atoms with E-state index in [2.05, 4.69) is 6.08 Å². The van der Waals surface area contributed by atoms with Crippen molar-refractivity contribution < 1.29 is 14.8 Å². The summed E-state index contributed by atoms with van der Waals surface area (Å²) in [5.74, 6) is -0.780. The van der Waals surface area contributed by atoms with Crippen LogP contribution in [0.3, 0.4) is 0 Å². The highest BCUT2D eigenvalue weighted by atomic mass is 16.6. The quantitative estimate of drug-likeness (QED) is 0.434. The summed E-state index contributed by atoms with van der Waals surface area (Å²) >= 11 is 0. The molecule has 0 aromatic heterocycles. The van der Waals surface area contributed by atoms with Crippen molar-refractivity contribution >= 4 is 17.2 Å². The van der Waals surface area contributed by atoms with E-state index < -0.39 is 10.9 Å². The molecule has 2 aromatic rings. The highest BCUT2D eigenvalue weighted by Gasteiger charge is 2.08. The molecular formula is C19H19NO4. The molecule has 124 valence electrons. The molecule has 0 aliphatic rings. The minimum Gasteiger partial charge on any atom is -0.481 e. The summed E-state index contributed by atoms with van der Waals surface area (Å²) in [6, 6.07) is 16.3. The van der Waals surface area contributed by atoms with Crippen LogP contribution in [0.2, 0.25) is 0 Å². The summed E-state index contributed by atoms with van der Waals surface area (Å²) in [7, 11) is 0. The first kappa shape index (κ1) is 17.4. The van der Waals surface area contributed by atoms with Crippen molar-refractivity contribution in [2.75, 3.05) is 0 Å². The van der Waals surface area contributed by atoms with Crippen molar-refractivity contribution in [2.45, 2.75) is 25.7 Å². The normalized spacial score (nSPS) is 11.2. The number of carboxylic acid groups (broad SMARTS) is 1. The summed E-state index contributed by atoms with van der Waals surface area (Å²) in [6.45, 7) is 0. The van der Waals surface area contributed by atoms with Crippen molar-refractivity contribution in [1.29, 1.82) is 0 Å². The number of rotatable bonds is 8. The monoisotopic (exact) mass is 325 g/mol. The van der Waals surface area contributed by atoms with E-state index in [1.165, 1.54) is 12.1 Å². The van der Waals surface area contributed by atoms with Gasteiger partial charge in [-0.1, -0.05) is 36.4 Å². The third-order valence-electron chi connectivity index (χ3n) is 3.67. The van der Waals surface area contributed by atoms with E-state index in [1.54, 1.807) is 12.1 Å². The largest absolute Gasteiger partial charge is 0.481 e. The van der Waals surface area contributed by atoms with Crippen molar-refractivity contribution in [3.8, 4) is 0 Å². The number of hydrogen-bond acceptors (Lipinski definition) is 3. The maximum Gasteiger partial charge on any atom is 0.303 e. The Kier molecular flexibility index (Phi) is 6.25. The number of carboxylic acids is 1. The van der Waals surface area contributed by atoms with Crippen LogP contribution in [0.4, 0.5) is 5.69 Å². The number of unbranched alkanes of at least 4 members (excludes halogenated alkanes) is 2. The zero-order valence-electron chi connectivity index (χ0n) is 13.2. The van der Waals surface area contributed by atoms with E-state index in [1.807, 2.05) is 30.3 Å². The molecular weight excluding hydrogens is 306 g/mol. The molecule has 2 rings (SSSR count). The highest BCUT2D eigenvalue weighted by Crippen LogP contribution is 2.26. The molecule has 0 heterocycles. The first-order valence-electron chi connectivity index (χ1n) is 7.80. The van der Waals surface area contributed by atoms with Gasteiger partial charge in [-0.05, 0) is 48.1 Å². The zero-order chi connectivity index (χ0) is 17.4. The Balaban J connectivity index is 2.20. The first-order chi connectivity index (χ1) is 11.6. The lowest BCUT2D eigenvalue weighted by atomic mass is 9.96. The average molecular weight is 325 g/mol. The number of non-ortho nitro benzene ring substituents is 1. The van der Waals surface area contributed by atoms with Crippen LogP contribution in [0.15, 0.2) is 60.7 Å². The van der Waals surface area contributed by atoms with Gasteiger partial charge in [-0.2, -0.15) is 0 Å². The lowest BCUT2D eigenvalue weighted by Crippen LogP contribution is -1.94. The highest BCUT2D eigenvalue weighted by molar-refractivity contribution is 5.80. The molecule has 1 N–H and O–H groups in total. The summed E-state index contributed by atoms with van der Waals surface area (Å²) in [5.41, 5.74) is 3.00. The van der Waals surface area contributed by atoms with Gasteiger partial charge in [0.1, 0.15) is 0 Å². The third-order valence-corrected chi connectivity index (χ3v) is 3.67. The molecule has 0 bridgehead atoms. The standard InChI is InChI=1S/C19H19NO4/c21-19(22)10-6-2-5-9-18(15-7-3-1-4-8-15)16-11-13-17(14-12-16)20(23)24/h1,3-4,7-9,11-14H,2,5-6,10H2,(H,21,22)/b18-9+. The van der Waals surface area contributed by atoms with Crippen LogP contribution in [-0.4, -0.2) is 16.0 Å². The molecule has 0 aliphatic carbocycles. The van der Waals surface area contributed by atoms with Gasteiger partial charge in [0.25, 0.3) is 5.69 Å². The van der Waals surface area contributed by atoms with Crippen LogP contribution >= 0.6 is 0 Å². The van der Waals surface area contributed by atoms with Gasteiger partial charge in [-0.25, -0.2) is 0 Å². The smallest absolute Gasteiger partial charge is 0.303 e. The van der Waals surface area contributed by atoms with Gasteiger partial charge in [0.15, 0.2) is 0 Å². The molecule has 5 heteroatoms. The summed E-state index contributed by atoms with van der Waals surface area (Å²) in [4.78, 5) is 20.9. The second-order valence-electron chi connectivity index (χ2n) is 5.43. The molecule has 0 saturated carbocycles. The first-order valence-corrected chi connectivity index (χ1v) is 7.80. The summed E-state index contributed by atoms with van der Waals surface area (Å²) in [6.07, 6.45) is 4.42. The van der Waals surface area contributed by atoms with E-state index in [4.69, 9.17) is 5.11 Å². The van der Waals surface area contributed by atoms with Crippen molar-refractivity contribution in [1.82, 2.24) is 0 Å². The molecule has 24 heavy (non-hydrogen) atoms. The van der Waals surface area contributed by atoms with Gasteiger partial charge in [-0.15, -0.1) is 0 Å². The maximum absolute atomic E-state index is 10.8. The van der Waals surface area contributed by atoms with Crippen LogP contribution in [0, 0.1) is 10.1 Å². The Bertz CT molecular complexity index is 721. The van der Waals surface area contributed by atoms with E-state index in [0.29, 0.717) is 6.42 Å². The number of nitro benzene ring substituents is 1. The predicted molar refractivity (Wildman–Crippen MR) is 92.7 cm³/mol. The topological polar surface area (TPSA) is 80.4 Å². The van der Waals surface area contributed by atoms with Gasteiger partial charge >= 0.3 is 5.97 Å². The number of benzene rings is 2. The molecule has 0 saturated heterocycles. The second kappa shape index (κ2) is 8.62. The van der Waals surface area contributed by atoms with E-state index >= 15 is 0 Å². The lowest BCUT2D eigenvalue weighted by Gasteiger charge is -2.09. The average Bonchev–Trinajstić information content (AvgIpc) is 2.59. The minimum atomic E-state index is -0.780. The molecule has 0 amide bonds. The summed E-state index contributed by atoms with van der Waals surface area (Å²) < 4.78 is 0. The number of carbonyl (C=O) groups is 1. The number of hydrogen-bond donors (Lipinski definition) is 1. The van der Waals surface area contributed by atoms with E-state index in [0.717, 1.165) is 29.5 Å². The zero-order valence-corrected chi connectivity index (χ0v) is 13.2. The van der Waals surface area contributed by atoms with E-state index in [-0.39, 0.29) is 12.1 Å². The molecule has 0 atom stereocenters. The predicted octanol–water partition coefficient (Wildman–Crippen LogP) is 4.67. The lowest BCUT2D eigenvalue weighted by molar-refractivity contribution is -0.384. The van der Waals surface area contributed by atoms with Gasteiger partial charge in [-0.3, -0.25) is 14.9 Å². The molecule has 5 nitrogen and oxygen atoms in total. The maximum atomic E-state index is 10.8. The SMILES string of the molecule is O=C(O)CCCC/C=C(\c1ccccc1)c1ccc([N+](=O)[O-])cc1.